The minimum atomic E-state index is -0.295. The molecule has 0 aliphatic carbocycles. The summed E-state index contributed by atoms with van der Waals surface area (Å²) in [6, 6.07) is 10.5. The van der Waals surface area contributed by atoms with Crippen LogP contribution in [0.5, 0.6) is 5.75 Å². The van der Waals surface area contributed by atoms with E-state index in [0.717, 1.165) is 10.0 Å². The van der Waals surface area contributed by atoms with Crippen molar-refractivity contribution in [3.05, 3.63) is 62.6 Å². The first-order valence-corrected chi connectivity index (χ1v) is 8.41. The molecule has 2 rings (SSSR count). The summed E-state index contributed by atoms with van der Waals surface area (Å²) < 4.78 is 6.44. The third kappa shape index (κ3) is 5.27. The van der Waals surface area contributed by atoms with Gasteiger partial charge in [-0.3, -0.25) is 4.79 Å². The molecule has 1 amide bonds. The smallest absolute Gasteiger partial charge is 0.248 e. The van der Waals surface area contributed by atoms with Gasteiger partial charge in [-0.2, -0.15) is 0 Å². The number of ether oxygens (including phenoxy) is 1. The van der Waals surface area contributed by atoms with Crippen LogP contribution < -0.4 is 10.1 Å². The van der Waals surface area contributed by atoms with Gasteiger partial charge in [-0.25, -0.2) is 0 Å². The summed E-state index contributed by atoms with van der Waals surface area (Å²) in [6.07, 6.45) is 3.12. The summed E-state index contributed by atoms with van der Waals surface area (Å²) >= 11 is 15.3. The molecule has 2 aromatic carbocycles. The maximum atomic E-state index is 12.0. The van der Waals surface area contributed by atoms with Gasteiger partial charge in [-0.05, 0) is 49.4 Å². The zero-order valence-corrected chi connectivity index (χ0v) is 15.4. The summed E-state index contributed by atoms with van der Waals surface area (Å²) in [5, 5.41) is 3.60. The van der Waals surface area contributed by atoms with E-state index in [1.54, 1.807) is 24.3 Å². The Morgan fingerprint density at radius 3 is 2.74 bits per heavy atom. The summed E-state index contributed by atoms with van der Waals surface area (Å²) in [7, 11) is 0. The van der Waals surface area contributed by atoms with Gasteiger partial charge < -0.3 is 10.1 Å². The van der Waals surface area contributed by atoms with Crippen molar-refractivity contribution >= 4 is 56.8 Å². The number of halogens is 3. The number of carbonyl (C=O) groups is 1. The Hall–Kier alpha value is -1.49. The van der Waals surface area contributed by atoms with Crippen molar-refractivity contribution in [2.45, 2.75) is 6.92 Å². The molecule has 23 heavy (non-hydrogen) atoms. The van der Waals surface area contributed by atoms with E-state index in [0.29, 0.717) is 28.1 Å². The van der Waals surface area contributed by atoms with Crippen LogP contribution >= 0.6 is 39.1 Å². The molecule has 0 fully saturated rings. The van der Waals surface area contributed by atoms with Crippen molar-refractivity contribution in [1.82, 2.24) is 0 Å². The zero-order chi connectivity index (χ0) is 16.8. The Bertz CT molecular complexity index is 747. The minimum absolute atomic E-state index is 0.295. The second-order valence-electron chi connectivity index (χ2n) is 4.56. The van der Waals surface area contributed by atoms with Crippen LogP contribution in [0.4, 0.5) is 5.69 Å². The van der Waals surface area contributed by atoms with Crippen LogP contribution in [0.15, 0.2) is 46.9 Å². The van der Waals surface area contributed by atoms with Crippen LogP contribution in [0.2, 0.25) is 10.0 Å². The van der Waals surface area contributed by atoms with Crippen LogP contribution in [0, 0.1) is 0 Å². The average Bonchev–Trinajstić information content (AvgIpc) is 2.50. The molecule has 0 atom stereocenters. The number of rotatable bonds is 5. The van der Waals surface area contributed by atoms with E-state index in [1.165, 1.54) is 6.08 Å². The molecular weight excluding hydrogens is 401 g/mol. The van der Waals surface area contributed by atoms with Crippen LogP contribution in [0.25, 0.3) is 6.08 Å². The quantitative estimate of drug-likeness (QED) is 0.627. The standard InChI is InChI=1S/C17H14BrCl2NO2/c1-2-23-16-7-4-12(18)9-11(16)3-8-17(22)21-15-6-5-13(19)10-14(15)20/h3-10H,2H2,1H3,(H,21,22)/b8-3+. The number of amides is 1. The highest BCUT2D eigenvalue weighted by atomic mass is 79.9. The molecule has 6 heteroatoms. The predicted molar refractivity (Wildman–Crippen MR) is 99.4 cm³/mol. The molecule has 120 valence electrons. The SMILES string of the molecule is CCOc1ccc(Br)cc1/C=C/C(=O)Nc1ccc(Cl)cc1Cl. The van der Waals surface area contributed by atoms with E-state index >= 15 is 0 Å². The van der Waals surface area contributed by atoms with E-state index in [-0.39, 0.29) is 5.91 Å². The number of anilines is 1. The van der Waals surface area contributed by atoms with E-state index in [2.05, 4.69) is 21.2 Å². The molecule has 0 unspecified atom stereocenters. The van der Waals surface area contributed by atoms with E-state index < -0.39 is 0 Å². The van der Waals surface area contributed by atoms with Crippen molar-refractivity contribution in [2.24, 2.45) is 0 Å². The van der Waals surface area contributed by atoms with Crippen LogP contribution in [0.3, 0.4) is 0 Å². The Kier molecular flexibility index (Phi) is 6.51. The second-order valence-corrected chi connectivity index (χ2v) is 6.32. The van der Waals surface area contributed by atoms with Crippen molar-refractivity contribution in [1.29, 1.82) is 0 Å². The fourth-order valence-electron chi connectivity index (χ4n) is 1.87. The highest BCUT2D eigenvalue weighted by molar-refractivity contribution is 9.10. The minimum Gasteiger partial charge on any atom is -0.493 e. The van der Waals surface area contributed by atoms with Gasteiger partial charge in [0.15, 0.2) is 0 Å². The number of benzene rings is 2. The van der Waals surface area contributed by atoms with Gasteiger partial charge in [0.25, 0.3) is 0 Å². The maximum Gasteiger partial charge on any atom is 0.248 e. The topological polar surface area (TPSA) is 38.3 Å². The Balaban J connectivity index is 2.13. The Labute approximate surface area is 153 Å². The van der Waals surface area contributed by atoms with E-state index in [9.17, 15) is 4.79 Å². The first-order chi connectivity index (χ1) is 11.0. The summed E-state index contributed by atoms with van der Waals surface area (Å²) in [6.45, 7) is 2.46. The second kappa shape index (κ2) is 8.39. The summed E-state index contributed by atoms with van der Waals surface area (Å²) in [4.78, 5) is 12.0. The van der Waals surface area contributed by atoms with Crippen molar-refractivity contribution in [3.63, 3.8) is 0 Å². The van der Waals surface area contributed by atoms with Crippen LogP contribution in [0.1, 0.15) is 12.5 Å². The monoisotopic (exact) mass is 413 g/mol. The van der Waals surface area contributed by atoms with Gasteiger partial charge in [-0.1, -0.05) is 39.1 Å². The lowest BCUT2D eigenvalue weighted by Gasteiger charge is -2.08. The van der Waals surface area contributed by atoms with Gasteiger partial charge in [0.2, 0.25) is 5.91 Å². The van der Waals surface area contributed by atoms with Crippen LogP contribution in [-0.2, 0) is 4.79 Å². The predicted octanol–water partition coefficient (Wildman–Crippen LogP) is 5.81. The number of hydrogen-bond donors (Lipinski definition) is 1. The molecule has 3 nitrogen and oxygen atoms in total. The first kappa shape index (κ1) is 17.9. The molecule has 0 aromatic heterocycles. The van der Waals surface area contributed by atoms with Gasteiger partial charge >= 0.3 is 0 Å². The highest BCUT2D eigenvalue weighted by Crippen LogP contribution is 2.26. The molecule has 0 aliphatic rings. The fraction of sp³-hybridized carbons (Fsp3) is 0.118. The maximum absolute atomic E-state index is 12.0. The lowest BCUT2D eigenvalue weighted by atomic mass is 10.2. The third-order valence-electron chi connectivity index (χ3n) is 2.87. The molecule has 0 saturated carbocycles. The molecule has 1 N–H and O–H groups in total. The number of carbonyl (C=O) groups excluding carboxylic acids is 1. The van der Waals surface area contributed by atoms with Crippen LogP contribution in [-0.4, -0.2) is 12.5 Å². The Morgan fingerprint density at radius 2 is 2.04 bits per heavy atom. The average molecular weight is 415 g/mol. The third-order valence-corrected chi connectivity index (χ3v) is 3.92. The van der Waals surface area contributed by atoms with Gasteiger partial charge in [0.05, 0.1) is 17.3 Å². The summed E-state index contributed by atoms with van der Waals surface area (Å²) in [5.74, 6) is 0.418. The zero-order valence-electron chi connectivity index (χ0n) is 12.3. The number of hydrogen-bond acceptors (Lipinski definition) is 2. The molecule has 0 radical (unpaired) electrons. The van der Waals surface area contributed by atoms with Gasteiger partial charge in [0.1, 0.15) is 5.75 Å². The molecule has 0 spiro atoms. The van der Waals surface area contributed by atoms with E-state index in [1.807, 2.05) is 25.1 Å². The lowest BCUT2D eigenvalue weighted by molar-refractivity contribution is -0.111. The fourth-order valence-corrected chi connectivity index (χ4v) is 2.70. The molecule has 0 aliphatic heterocycles. The van der Waals surface area contributed by atoms with Crippen molar-refractivity contribution in [2.75, 3.05) is 11.9 Å². The highest BCUT2D eigenvalue weighted by Gasteiger charge is 2.05. The first-order valence-electron chi connectivity index (χ1n) is 6.86. The molecular formula is C17H14BrCl2NO2. The largest absolute Gasteiger partial charge is 0.493 e. The van der Waals surface area contributed by atoms with Crippen molar-refractivity contribution < 1.29 is 9.53 Å². The summed E-state index contributed by atoms with van der Waals surface area (Å²) in [5.41, 5.74) is 1.31. The normalized spacial score (nSPS) is 10.8. The van der Waals surface area contributed by atoms with Gasteiger partial charge in [0, 0.05) is 21.1 Å². The Morgan fingerprint density at radius 1 is 1.26 bits per heavy atom. The number of nitrogens with one attached hydrogen (secondary N) is 1. The van der Waals surface area contributed by atoms with E-state index in [4.69, 9.17) is 27.9 Å². The molecule has 0 heterocycles. The molecule has 0 saturated heterocycles. The lowest BCUT2D eigenvalue weighted by Crippen LogP contribution is -2.08. The molecule has 2 aromatic rings. The molecule has 0 bridgehead atoms. The van der Waals surface area contributed by atoms with Crippen molar-refractivity contribution in [3.8, 4) is 5.75 Å². The van der Waals surface area contributed by atoms with Gasteiger partial charge in [-0.15, -0.1) is 0 Å².